The zero-order chi connectivity index (χ0) is 10.1. The van der Waals surface area contributed by atoms with E-state index in [0.29, 0.717) is 0 Å². The molecule has 0 spiro atoms. The van der Waals surface area contributed by atoms with E-state index in [-0.39, 0.29) is 6.61 Å². The summed E-state index contributed by atoms with van der Waals surface area (Å²) >= 11 is 5.15. The Kier molecular flexibility index (Phi) is 2.91. The van der Waals surface area contributed by atoms with E-state index < -0.39 is 0 Å². The zero-order valence-corrected chi connectivity index (χ0v) is 10.3. The Morgan fingerprint density at radius 1 is 1.43 bits per heavy atom. The van der Waals surface area contributed by atoms with Gasteiger partial charge in [-0.25, -0.2) is 0 Å². The first kappa shape index (κ1) is 10.1. The molecule has 0 saturated heterocycles. The van der Waals surface area contributed by atoms with Gasteiger partial charge in [-0.1, -0.05) is 13.0 Å². The molecule has 0 saturated carbocycles. The second kappa shape index (κ2) is 4.01. The van der Waals surface area contributed by atoms with Gasteiger partial charge in [-0.15, -0.1) is 11.3 Å². The molecular weight excluding hydrogens is 260 g/mol. The van der Waals surface area contributed by atoms with Crippen LogP contribution in [-0.4, -0.2) is 5.11 Å². The van der Waals surface area contributed by atoms with Crippen LogP contribution in [0.3, 0.4) is 0 Å². The van der Waals surface area contributed by atoms with E-state index >= 15 is 0 Å². The molecule has 1 N–H and O–H groups in total. The average Bonchev–Trinajstić information content (AvgIpc) is 2.52. The molecule has 0 aliphatic heterocycles. The first-order valence-electron chi connectivity index (χ1n) is 4.57. The summed E-state index contributed by atoms with van der Waals surface area (Å²) in [5, 5.41) is 10.4. The molecule has 74 valence electrons. The predicted molar refractivity (Wildman–Crippen MR) is 64.8 cm³/mol. The van der Waals surface area contributed by atoms with Crippen LogP contribution in [0.15, 0.2) is 22.0 Å². The molecule has 1 aromatic carbocycles. The Labute approximate surface area is 95.5 Å². The van der Waals surface area contributed by atoms with Crippen LogP contribution in [0, 0.1) is 0 Å². The van der Waals surface area contributed by atoms with Crippen molar-refractivity contribution in [3.05, 3.63) is 33.1 Å². The minimum atomic E-state index is 0.105. The maximum absolute atomic E-state index is 9.25. The van der Waals surface area contributed by atoms with Crippen LogP contribution in [0.2, 0.25) is 0 Å². The van der Waals surface area contributed by atoms with Gasteiger partial charge in [-0.05, 0) is 45.4 Å². The second-order valence-electron chi connectivity index (χ2n) is 3.20. The van der Waals surface area contributed by atoms with Gasteiger partial charge in [-0.2, -0.15) is 0 Å². The number of rotatable bonds is 2. The van der Waals surface area contributed by atoms with Crippen LogP contribution >= 0.6 is 27.3 Å². The summed E-state index contributed by atoms with van der Waals surface area (Å²) in [6.07, 6.45) is 1.04. The highest BCUT2D eigenvalue weighted by Crippen LogP contribution is 2.35. The minimum Gasteiger partial charge on any atom is -0.392 e. The van der Waals surface area contributed by atoms with Crippen LogP contribution in [0.1, 0.15) is 18.1 Å². The molecule has 2 aromatic rings. The third-order valence-electron chi connectivity index (χ3n) is 2.37. The summed E-state index contributed by atoms with van der Waals surface area (Å²) in [7, 11) is 0. The largest absolute Gasteiger partial charge is 0.392 e. The van der Waals surface area contributed by atoms with E-state index in [1.165, 1.54) is 15.6 Å². The normalized spacial score (nSPS) is 11.1. The molecule has 0 atom stereocenters. The maximum atomic E-state index is 9.25. The van der Waals surface area contributed by atoms with Crippen molar-refractivity contribution in [1.82, 2.24) is 0 Å². The van der Waals surface area contributed by atoms with Crippen LogP contribution in [0.25, 0.3) is 10.1 Å². The van der Waals surface area contributed by atoms with Crippen molar-refractivity contribution in [1.29, 1.82) is 0 Å². The molecule has 14 heavy (non-hydrogen) atoms. The maximum Gasteiger partial charge on any atom is 0.0766 e. The zero-order valence-electron chi connectivity index (χ0n) is 7.88. The van der Waals surface area contributed by atoms with Crippen molar-refractivity contribution in [3.63, 3.8) is 0 Å². The van der Waals surface area contributed by atoms with Gasteiger partial charge in [0.15, 0.2) is 0 Å². The Hall–Kier alpha value is -0.380. The van der Waals surface area contributed by atoms with Crippen LogP contribution in [0.4, 0.5) is 0 Å². The number of hydrogen-bond acceptors (Lipinski definition) is 2. The molecule has 0 bridgehead atoms. The third kappa shape index (κ3) is 1.60. The fourth-order valence-electron chi connectivity index (χ4n) is 1.53. The van der Waals surface area contributed by atoms with Gasteiger partial charge in [0.2, 0.25) is 0 Å². The first-order valence-corrected chi connectivity index (χ1v) is 6.18. The summed E-state index contributed by atoms with van der Waals surface area (Å²) in [6, 6.07) is 6.44. The summed E-state index contributed by atoms with van der Waals surface area (Å²) in [6.45, 7) is 2.24. The van der Waals surface area contributed by atoms with Gasteiger partial charge in [0.05, 0.1) is 10.4 Å². The quantitative estimate of drug-likeness (QED) is 0.882. The van der Waals surface area contributed by atoms with E-state index in [4.69, 9.17) is 0 Å². The fraction of sp³-hybridized carbons (Fsp3) is 0.273. The molecule has 2 rings (SSSR count). The van der Waals surface area contributed by atoms with Crippen LogP contribution < -0.4 is 0 Å². The van der Waals surface area contributed by atoms with Gasteiger partial charge in [0.25, 0.3) is 0 Å². The van der Waals surface area contributed by atoms with E-state index in [0.717, 1.165) is 15.8 Å². The average molecular weight is 271 g/mol. The highest BCUT2D eigenvalue weighted by molar-refractivity contribution is 9.11. The number of thiophene rings is 1. The SMILES string of the molecule is CCc1ccc2sc(Br)c(CO)c2c1. The van der Waals surface area contributed by atoms with E-state index in [9.17, 15) is 5.11 Å². The molecule has 0 aliphatic carbocycles. The molecule has 0 unspecified atom stereocenters. The topological polar surface area (TPSA) is 20.2 Å². The van der Waals surface area contributed by atoms with Gasteiger partial charge in [0.1, 0.15) is 0 Å². The molecule has 0 radical (unpaired) electrons. The van der Waals surface area contributed by atoms with Crippen molar-refractivity contribution < 1.29 is 5.11 Å². The second-order valence-corrected chi connectivity index (χ2v) is 5.57. The fourth-order valence-corrected chi connectivity index (χ4v) is 3.31. The Bertz CT molecular complexity index is 462. The highest BCUT2D eigenvalue weighted by atomic mass is 79.9. The molecular formula is C11H11BrOS. The number of aliphatic hydroxyl groups is 1. The number of fused-ring (bicyclic) bond motifs is 1. The highest BCUT2D eigenvalue weighted by Gasteiger charge is 2.08. The smallest absolute Gasteiger partial charge is 0.0766 e. The molecule has 3 heteroatoms. The van der Waals surface area contributed by atoms with Crippen molar-refractivity contribution >= 4 is 37.4 Å². The molecule has 0 fully saturated rings. The van der Waals surface area contributed by atoms with Crippen molar-refractivity contribution in [3.8, 4) is 0 Å². The van der Waals surface area contributed by atoms with Crippen LogP contribution in [-0.2, 0) is 13.0 Å². The summed E-state index contributed by atoms with van der Waals surface area (Å²) in [5.41, 5.74) is 2.33. The lowest BCUT2D eigenvalue weighted by Gasteiger charge is -1.98. The van der Waals surface area contributed by atoms with Crippen molar-refractivity contribution in [2.75, 3.05) is 0 Å². The summed E-state index contributed by atoms with van der Waals surface area (Å²) < 4.78 is 2.28. The first-order chi connectivity index (χ1) is 6.76. The molecule has 1 nitrogen and oxygen atoms in total. The molecule has 0 aliphatic rings. The van der Waals surface area contributed by atoms with Crippen molar-refractivity contribution in [2.45, 2.75) is 20.0 Å². The number of benzene rings is 1. The summed E-state index contributed by atoms with van der Waals surface area (Å²) in [5.74, 6) is 0. The van der Waals surface area contributed by atoms with E-state index in [1.807, 2.05) is 0 Å². The van der Waals surface area contributed by atoms with Crippen LogP contribution in [0.5, 0.6) is 0 Å². The van der Waals surface area contributed by atoms with E-state index in [2.05, 4.69) is 41.1 Å². The monoisotopic (exact) mass is 270 g/mol. The summed E-state index contributed by atoms with van der Waals surface area (Å²) in [4.78, 5) is 0. The number of aryl methyl sites for hydroxylation is 1. The lowest BCUT2D eigenvalue weighted by atomic mass is 10.1. The third-order valence-corrected chi connectivity index (χ3v) is 4.34. The number of hydrogen-bond donors (Lipinski definition) is 1. The van der Waals surface area contributed by atoms with E-state index in [1.54, 1.807) is 11.3 Å². The lowest BCUT2D eigenvalue weighted by Crippen LogP contribution is -1.83. The molecule has 1 aromatic heterocycles. The van der Waals surface area contributed by atoms with Crippen molar-refractivity contribution in [2.24, 2.45) is 0 Å². The predicted octanol–water partition coefficient (Wildman–Crippen LogP) is 3.72. The number of aliphatic hydroxyl groups excluding tert-OH is 1. The standard InChI is InChI=1S/C11H11BrOS/c1-2-7-3-4-10-8(5-7)9(6-13)11(12)14-10/h3-5,13H,2,6H2,1H3. The number of halogens is 1. The Morgan fingerprint density at radius 2 is 2.21 bits per heavy atom. The molecule has 0 amide bonds. The van der Waals surface area contributed by atoms with Gasteiger partial charge in [0, 0.05) is 10.3 Å². The van der Waals surface area contributed by atoms with Gasteiger partial charge in [-0.3, -0.25) is 0 Å². The Morgan fingerprint density at radius 3 is 2.86 bits per heavy atom. The lowest BCUT2D eigenvalue weighted by molar-refractivity contribution is 0.283. The Balaban J connectivity index is 2.71. The van der Waals surface area contributed by atoms with Gasteiger partial charge < -0.3 is 5.11 Å². The van der Waals surface area contributed by atoms with Gasteiger partial charge >= 0.3 is 0 Å². The molecule has 1 heterocycles. The minimum absolute atomic E-state index is 0.105.